The van der Waals surface area contributed by atoms with Crippen LogP contribution in [0.2, 0.25) is 0 Å². The number of anilines is 1. The van der Waals surface area contributed by atoms with Crippen LogP contribution < -0.4 is 4.90 Å². The van der Waals surface area contributed by atoms with E-state index in [0.717, 1.165) is 5.56 Å². The summed E-state index contributed by atoms with van der Waals surface area (Å²) in [5, 5.41) is 0. The summed E-state index contributed by atoms with van der Waals surface area (Å²) in [7, 11) is 0. The zero-order chi connectivity index (χ0) is 19.8. The fraction of sp³-hybridized carbons (Fsp3) is 0.550. The van der Waals surface area contributed by atoms with Gasteiger partial charge in [-0.05, 0) is 39.8 Å². The van der Waals surface area contributed by atoms with E-state index >= 15 is 0 Å². The molecule has 0 radical (unpaired) electrons. The number of ether oxygens (including phenoxy) is 1. The van der Waals surface area contributed by atoms with Crippen molar-refractivity contribution in [3.8, 4) is 0 Å². The predicted octanol–water partition coefficient (Wildman–Crippen LogP) is 2.18. The molecule has 2 fully saturated rings. The van der Waals surface area contributed by atoms with Crippen LogP contribution in [0.5, 0.6) is 0 Å². The molecule has 2 heterocycles. The first-order valence-corrected chi connectivity index (χ1v) is 9.31. The molecule has 146 valence electrons. The van der Waals surface area contributed by atoms with Crippen molar-refractivity contribution in [1.82, 2.24) is 9.80 Å². The molecule has 1 aromatic carbocycles. The number of piperazine rings is 1. The molecule has 0 aromatic heterocycles. The van der Waals surface area contributed by atoms with Crippen LogP contribution in [0.3, 0.4) is 0 Å². The highest BCUT2D eigenvalue weighted by atomic mass is 16.6. The highest BCUT2D eigenvalue weighted by molar-refractivity contribution is 6.22. The maximum absolute atomic E-state index is 12.9. The fourth-order valence-corrected chi connectivity index (χ4v) is 3.41. The Kier molecular flexibility index (Phi) is 5.24. The number of hydrogen-bond acceptors (Lipinski definition) is 5. The summed E-state index contributed by atoms with van der Waals surface area (Å²) < 4.78 is 5.40. The van der Waals surface area contributed by atoms with E-state index in [4.69, 9.17) is 4.74 Å². The lowest BCUT2D eigenvalue weighted by Crippen LogP contribution is -2.54. The molecule has 1 atom stereocenters. The van der Waals surface area contributed by atoms with E-state index in [9.17, 15) is 14.4 Å². The average molecular weight is 373 g/mol. The highest BCUT2D eigenvalue weighted by Gasteiger charge is 2.43. The van der Waals surface area contributed by atoms with Gasteiger partial charge in [0.1, 0.15) is 5.60 Å². The normalized spacial score (nSPS) is 21.7. The summed E-state index contributed by atoms with van der Waals surface area (Å²) >= 11 is 0. The van der Waals surface area contributed by atoms with E-state index < -0.39 is 11.6 Å². The number of carbonyl (C=O) groups is 3. The lowest BCUT2D eigenvalue weighted by atomic mass is 10.1. The fourth-order valence-electron chi connectivity index (χ4n) is 3.41. The first kappa shape index (κ1) is 19.4. The van der Waals surface area contributed by atoms with Gasteiger partial charge in [0.15, 0.2) is 0 Å². The minimum Gasteiger partial charge on any atom is -0.444 e. The van der Waals surface area contributed by atoms with E-state index in [1.165, 1.54) is 4.90 Å². The third-order valence-electron chi connectivity index (χ3n) is 4.82. The number of nitrogens with zero attached hydrogens (tertiary/aromatic N) is 3. The SMILES string of the molecule is Cc1ccc(N2C(=O)CC(N3CCN(C(=O)OC(C)(C)C)CC3)C2=O)cc1. The number of benzene rings is 1. The van der Waals surface area contributed by atoms with Crippen molar-refractivity contribution in [2.24, 2.45) is 0 Å². The lowest BCUT2D eigenvalue weighted by molar-refractivity contribution is -0.123. The molecule has 3 rings (SSSR count). The Balaban J connectivity index is 1.62. The number of imide groups is 1. The van der Waals surface area contributed by atoms with Crippen LogP contribution in [0.25, 0.3) is 0 Å². The van der Waals surface area contributed by atoms with Crippen molar-refractivity contribution >= 4 is 23.6 Å². The van der Waals surface area contributed by atoms with Crippen molar-refractivity contribution in [3.63, 3.8) is 0 Å². The molecule has 2 aliphatic heterocycles. The number of amides is 3. The summed E-state index contributed by atoms with van der Waals surface area (Å²) in [6.07, 6.45) is -0.156. The predicted molar refractivity (Wildman–Crippen MR) is 101 cm³/mol. The minimum atomic E-state index is -0.531. The van der Waals surface area contributed by atoms with Crippen LogP contribution in [0, 0.1) is 6.92 Å². The molecule has 7 nitrogen and oxygen atoms in total. The van der Waals surface area contributed by atoms with Gasteiger partial charge in [0.05, 0.1) is 18.2 Å². The number of rotatable bonds is 2. The monoisotopic (exact) mass is 373 g/mol. The Morgan fingerprint density at radius 2 is 1.63 bits per heavy atom. The second kappa shape index (κ2) is 7.31. The second-order valence-electron chi connectivity index (χ2n) is 8.13. The largest absolute Gasteiger partial charge is 0.444 e. The summed E-state index contributed by atoms with van der Waals surface area (Å²) in [6, 6.07) is 6.92. The molecule has 1 unspecified atom stereocenters. The topological polar surface area (TPSA) is 70.2 Å². The van der Waals surface area contributed by atoms with Crippen LogP contribution in [-0.2, 0) is 14.3 Å². The molecule has 3 amide bonds. The summed E-state index contributed by atoms with van der Waals surface area (Å²) in [5.74, 6) is -0.363. The van der Waals surface area contributed by atoms with Crippen LogP contribution in [-0.4, -0.2) is 65.5 Å². The minimum absolute atomic E-state index is 0.177. The summed E-state index contributed by atoms with van der Waals surface area (Å²) in [6.45, 7) is 9.53. The molecule has 0 saturated carbocycles. The molecule has 27 heavy (non-hydrogen) atoms. The van der Waals surface area contributed by atoms with Gasteiger partial charge in [0.2, 0.25) is 5.91 Å². The summed E-state index contributed by atoms with van der Waals surface area (Å²) in [4.78, 5) is 42.4. The first-order chi connectivity index (χ1) is 12.7. The van der Waals surface area contributed by atoms with Crippen molar-refractivity contribution in [1.29, 1.82) is 0 Å². The molecule has 0 N–H and O–H groups in total. The zero-order valence-electron chi connectivity index (χ0n) is 16.4. The van der Waals surface area contributed by atoms with Crippen molar-refractivity contribution in [2.75, 3.05) is 31.1 Å². The Morgan fingerprint density at radius 1 is 1.04 bits per heavy atom. The smallest absolute Gasteiger partial charge is 0.410 e. The standard InChI is InChI=1S/C20H27N3O4/c1-14-5-7-15(8-6-14)23-17(24)13-16(18(23)25)21-9-11-22(12-10-21)19(26)27-20(2,3)4/h5-8,16H,9-13H2,1-4H3. The van der Waals surface area contributed by atoms with Crippen LogP contribution in [0.1, 0.15) is 32.8 Å². The van der Waals surface area contributed by atoms with Crippen LogP contribution >= 0.6 is 0 Å². The van der Waals surface area contributed by atoms with Gasteiger partial charge in [0, 0.05) is 26.2 Å². The maximum atomic E-state index is 12.9. The molecular weight excluding hydrogens is 346 g/mol. The molecule has 0 bridgehead atoms. The third-order valence-corrected chi connectivity index (χ3v) is 4.82. The van der Waals surface area contributed by atoms with Crippen molar-refractivity contribution in [3.05, 3.63) is 29.8 Å². The van der Waals surface area contributed by atoms with E-state index in [0.29, 0.717) is 31.9 Å². The van der Waals surface area contributed by atoms with Crippen molar-refractivity contribution in [2.45, 2.75) is 45.8 Å². The van der Waals surface area contributed by atoms with E-state index in [1.54, 1.807) is 17.0 Å². The molecule has 0 aliphatic carbocycles. The second-order valence-corrected chi connectivity index (χ2v) is 8.13. The van der Waals surface area contributed by atoms with E-state index in [1.807, 2.05) is 44.7 Å². The molecule has 2 aliphatic rings. The average Bonchev–Trinajstić information content (AvgIpc) is 2.89. The number of aryl methyl sites for hydroxylation is 1. The Bertz CT molecular complexity index is 731. The van der Waals surface area contributed by atoms with Gasteiger partial charge in [-0.2, -0.15) is 0 Å². The van der Waals surface area contributed by atoms with E-state index in [2.05, 4.69) is 0 Å². The Hall–Kier alpha value is -2.41. The van der Waals surface area contributed by atoms with Gasteiger partial charge in [-0.25, -0.2) is 9.69 Å². The van der Waals surface area contributed by atoms with Gasteiger partial charge < -0.3 is 9.64 Å². The van der Waals surface area contributed by atoms with Crippen LogP contribution in [0.15, 0.2) is 24.3 Å². The highest BCUT2D eigenvalue weighted by Crippen LogP contribution is 2.26. The van der Waals surface area contributed by atoms with Gasteiger partial charge in [0.25, 0.3) is 5.91 Å². The van der Waals surface area contributed by atoms with Gasteiger partial charge in [-0.1, -0.05) is 17.7 Å². The number of carbonyl (C=O) groups excluding carboxylic acids is 3. The maximum Gasteiger partial charge on any atom is 0.410 e. The zero-order valence-corrected chi connectivity index (χ0v) is 16.4. The summed E-state index contributed by atoms with van der Waals surface area (Å²) in [5.41, 5.74) is 1.16. The molecule has 2 saturated heterocycles. The Morgan fingerprint density at radius 3 is 2.19 bits per heavy atom. The first-order valence-electron chi connectivity index (χ1n) is 9.31. The van der Waals surface area contributed by atoms with Gasteiger partial charge in [-0.15, -0.1) is 0 Å². The van der Waals surface area contributed by atoms with Crippen LogP contribution in [0.4, 0.5) is 10.5 Å². The molecule has 1 aromatic rings. The third kappa shape index (κ3) is 4.30. The molecular formula is C20H27N3O4. The number of hydrogen-bond donors (Lipinski definition) is 0. The molecule has 7 heteroatoms. The van der Waals surface area contributed by atoms with Crippen molar-refractivity contribution < 1.29 is 19.1 Å². The Labute approximate surface area is 159 Å². The lowest BCUT2D eigenvalue weighted by Gasteiger charge is -2.37. The van der Waals surface area contributed by atoms with E-state index in [-0.39, 0.29) is 24.3 Å². The van der Waals surface area contributed by atoms with Gasteiger partial charge in [-0.3, -0.25) is 14.5 Å². The van der Waals surface area contributed by atoms with Gasteiger partial charge >= 0.3 is 6.09 Å². The quantitative estimate of drug-likeness (QED) is 0.743. The molecule has 0 spiro atoms.